The lowest BCUT2D eigenvalue weighted by atomic mass is 10.0. The van der Waals surface area contributed by atoms with Crippen molar-refractivity contribution in [3.8, 4) is 11.3 Å². The van der Waals surface area contributed by atoms with Crippen LogP contribution in [0.4, 0.5) is 10.2 Å². The lowest BCUT2D eigenvalue weighted by molar-refractivity contribution is 0.0992. The van der Waals surface area contributed by atoms with Crippen LogP contribution in [0.1, 0.15) is 16.1 Å². The number of pyridine rings is 3. The molecule has 5 heterocycles. The Labute approximate surface area is 197 Å². The Morgan fingerprint density at radius 1 is 1.00 bits per heavy atom. The van der Waals surface area contributed by atoms with Crippen molar-refractivity contribution >= 4 is 22.4 Å². The highest BCUT2D eigenvalue weighted by Crippen LogP contribution is 2.22. The number of piperazine rings is 1. The summed E-state index contributed by atoms with van der Waals surface area (Å²) in [6, 6.07) is 7.53. The van der Waals surface area contributed by atoms with Crippen molar-refractivity contribution in [3.63, 3.8) is 0 Å². The Kier molecular flexibility index (Phi) is 6.27. The zero-order chi connectivity index (χ0) is 23.5. The number of halogens is 1. The van der Waals surface area contributed by atoms with Crippen LogP contribution in [0, 0.1) is 0 Å². The van der Waals surface area contributed by atoms with E-state index in [0.29, 0.717) is 17.8 Å². The van der Waals surface area contributed by atoms with Crippen LogP contribution in [-0.2, 0) is 13.5 Å². The number of aromatic nitrogens is 5. The minimum Gasteiger partial charge on any atom is -0.354 e. The lowest BCUT2D eigenvalue weighted by Gasteiger charge is -2.35. The summed E-state index contributed by atoms with van der Waals surface area (Å²) in [4.78, 5) is 30.7. The van der Waals surface area contributed by atoms with Gasteiger partial charge in [0.1, 0.15) is 12.5 Å². The van der Waals surface area contributed by atoms with E-state index in [1.165, 1.54) is 0 Å². The van der Waals surface area contributed by atoms with Gasteiger partial charge in [-0.2, -0.15) is 5.10 Å². The molecule has 1 fully saturated rings. The first-order valence-corrected chi connectivity index (χ1v) is 11.4. The number of carbonyl (C=O) groups excluding carboxylic acids is 1. The number of aryl methyl sites for hydroxylation is 1. The molecule has 1 aliphatic heterocycles. The smallest absolute Gasteiger partial charge is 0.169 e. The van der Waals surface area contributed by atoms with E-state index >= 15 is 0 Å². The third-order valence-corrected chi connectivity index (χ3v) is 6.17. The summed E-state index contributed by atoms with van der Waals surface area (Å²) in [5.41, 5.74) is 3.09. The van der Waals surface area contributed by atoms with Crippen molar-refractivity contribution in [1.29, 1.82) is 0 Å². The lowest BCUT2D eigenvalue weighted by Crippen LogP contribution is -2.47. The molecule has 5 rings (SSSR count). The molecular formula is C25H26FN7O. The number of ketones is 1. The van der Waals surface area contributed by atoms with Crippen molar-refractivity contribution in [1.82, 2.24) is 29.6 Å². The number of rotatable bonds is 7. The first kappa shape index (κ1) is 22.1. The van der Waals surface area contributed by atoms with Gasteiger partial charge in [0.15, 0.2) is 5.78 Å². The predicted molar refractivity (Wildman–Crippen MR) is 129 cm³/mol. The molecule has 0 spiro atoms. The number of fused-ring (bicyclic) bond motifs is 1. The highest BCUT2D eigenvalue weighted by molar-refractivity contribution is 5.98. The molecule has 0 atom stereocenters. The molecule has 34 heavy (non-hydrogen) atoms. The number of hydrogen-bond donors (Lipinski definition) is 0. The topological polar surface area (TPSA) is 80.0 Å². The van der Waals surface area contributed by atoms with Crippen LogP contribution in [0.2, 0.25) is 0 Å². The number of anilines is 1. The van der Waals surface area contributed by atoms with E-state index in [0.717, 1.165) is 54.0 Å². The van der Waals surface area contributed by atoms with Gasteiger partial charge in [-0.05, 0) is 29.7 Å². The molecule has 1 aliphatic rings. The van der Waals surface area contributed by atoms with Gasteiger partial charge in [-0.25, -0.2) is 9.37 Å². The summed E-state index contributed by atoms with van der Waals surface area (Å²) in [5.74, 6) is 0.775. The van der Waals surface area contributed by atoms with Crippen LogP contribution in [0.25, 0.3) is 22.0 Å². The van der Waals surface area contributed by atoms with Gasteiger partial charge < -0.3 is 4.90 Å². The van der Waals surface area contributed by atoms with Crippen LogP contribution < -0.4 is 4.90 Å². The monoisotopic (exact) mass is 459 g/mol. The molecule has 4 aromatic rings. The van der Waals surface area contributed by atoms with Gasteiger partial charge in [-0.3, -0.25) is 24.3 Å². The number of nitrogens with zero attached hydrogens (tertiary/aromatic N) is 7. The maximum Gasteiger partial charge on any atom is 0.169 e. The summed E-state index contributed by atoms with van der Waals surface area (Å²) >= 11 is 0. The van der Waals surface area contributed by atoms with E-state index in [2.05, 4.69) is 29.9 Å². The van der Waals surface area contributed by atoms with Crippen LogP contribution in [0.15, 0.2) is 55.2 Å². The Morgan fingerprint density at radius 3 is 2.59 bits per heavy atom. The zero-order valence-corrected chi connectivity index (χ0v) is 19.1. The van der Waals surface area contributed by atoms with Crippen molar-refractivity contribution in [2.24, 2.45) is 7.05 Å². The summed E-state index contributed by atoms with van der Waals surface area (Å²) in [6.45, 7) is 3.26. The SMILES string of the molecule is Cn1cc(-c2cc3cc(CC(=O)c4ccnc(N5CCN(CCF)CC5)c4)ncc3cn2)cn1. The van der Waals surface area contributed by atoms with E-state index in [1.54, 1.807) is 35.5 Å². The van der Waals surface area contributed by atoms with Crippen LogP contribution in [0.3, 0.4) is 0 Å². The zero-order valence-electron chi connectivity index (χ0n) is 19.1. The number of carbonyl (C=O) groups is 1. The molecule has 0 aliphatic carbocycles. The van der Waals surface area contributed by atoms with Crippen molar-refractivity contribution in [2.75, 3.05) is 44.3 Å². The number of hydrogen-bond acceptors (Lipinski definition) is 7. The summed E-state index contributed by atoms with van der Waals surface area (Å²) in [6.07, 6.45) is 9.12. The third kappa shape index (κ3) is 4.79. The fourth-order valence-electron chi connectivity index (χ4n) is 4.24. The molecule has 0 amide bonds. The Bertz CT molecular complexity index is 1310. The molecular weight excluding hydrogens is 433 g/mol. The highest BCUT2D eigenvalue weighted by atomic mass is 19.1. The summed E-state index contributed by atoms with van der Waals surface area (Å²) in [5, 5.41) is 6.11. The Hall–Kier alpha value is -3.72. The van der Waals surface area contributed by atoms with Gasteiger partial charge >= 0.3 is 0 Å². The average Bonchev–Trinajstić information content (AvgIpc) is 3.30. The molecule has 174 valence electrons. The second-order valence-electron chi connectivity index (χ2n) is 8.52. The van der Waals surface area contributed by atoms with E-state index in [9.17, 15) is 9.18 Å². The molecule has 0 unspecified atom stereocenters. The van der Waals surface area contributed by atoms with Crippen molar-refractivity contribution in [2.45, 2.75) is 6.42 Å². The van der Waals surface area contributed by atoms with Gasteiger partial charge in [0, 0.05) is 86.8 Å². The standard InChI is InChI=1S/C25H26FN7O/c1-31-17-21(16-30-31)23-11-19-10-22(28-14-20(19)15-29-23)13-24(34)18-2-4-27-25(12-18)33-8-6-32(5-3-26)7-9-33/h2,4,10-12,14-17H,3,5-9,13H2,1H3. The Morgan fingerprint density at radius 2 is 1.82 bits per heavy atom. The van der Waals surface area contributed by atoms with Gasteiger partial charge in [-0.1, -0.05) is 0 Å². The quantitative estimate of drug-likeness (QED) is 0.393. The summed E-state index contributed by atoms with van der Waals surface area (Å²) in [7, 11) is 1.87. The average molecular weight is 460 g/mol. The first-order chi connectivity index (χ1) is 16.6. The molecule has 0 bridgehead atoms. The highest BCUT2D eigenvalue weighted by Gasteiger charge is 2.19. The van der Waals surface area contributed by atoms with Crippen LogP contribution in [-0.4, -0.2) is 74.8 Å². The van der Waals surface area contributed by atoms with Gasteiger partial charge in [-0.15, -0.1) is 0 Å². The fourth-order valence-corrected chi connectivity index (χ4v) is 4.24. The molecule has 0 aromatic carbocycles. The van der Waals surface area contributed by atoms with E-state index in [4.69, 9.17) is 0 Å². The van der Waals surface area contributed by atoms with Crippen molar-refractivity contribution in [3.05, 3.63) is 66.5 Å². The fraction of sp³-hybridized carbons (Fsp3) is 0.320. The minimum absolute atomic E-state index is 0.00638. The molecule has 8 nitrogen and oxygen atoms in total. The number of Topliss-reactive ketones (excluding diaryl/α,β-unsaturated/α-hetero) is 1. The maximum atomic E-state index is 13.1. The minimum atomic E-state index is -0.327. The molecule has 1 saturated heterocycles. The van der Waals surface area contributed by atoms with E-state index in [-0.39, 0.29) is 18.9 Å². The van der Waals surface area contributed by atoms with Crippen LogP contribution in [0.5, 0.6) is 0 Å². The molecule has 0 radical (unpaired) electrons. The third-order valence-electron chi connectivity index (χ3n) is 6.17. The molecule has 0 N–H and O–H groups in total. The molecule has 9 heteroatoms. The maximum absolute atomic E-state index is 13.1. The molecule has 0 saturated carbocycles. The van der Waals surface area contributed by atoms with Gasteiger partial charge in [0.2, 0.25) is 0 Å². The number of alkyl halides is 1. The van der Waals surface area contributed by atoms with Gasteiger partial charge in [0.25, 0.3) is 0 Å². The predicted octanol–water partition coefficient (Wildman–Crippen LogP) is 2.94. The second-order valence-corrected chi connectivity index (χ2v) is 8.52. The Balaban J connectivity index is 1.31. The first-order valence-electron chi connectivity index (χ1n) is 11.4. The van der Waals surface area contributed by atoms with E-state index < -0.39 is 0 Å². The van der Waals surface area contributed by atoms with E-state index in [1.807, 2.05) is 31.4 Å². The van der Waals surface area contributed by atoms with Crippen LogP contribution >= 0.6 is 0 Å². The van der Waals surface area contributed by atoms with Gasteiger partial charge in [0.05, 0.1) is 18.3 Å². The molecule has 4 aromatic heterocycles. The second kappa shape index (κ2) is 9.64. The normalized spacial score (nSPS) is 14.6. The van der Waals surface area contributed by atoms with Crippen molar-refractivity contribution < 1.29 is 9.18 Å². The summed E-state index contributed by atoms with van der Waals surface area (Å²) < 4.78 is 14.3. The largest absolute Gasteiger partial charge is 0.354 e.